The van der Waals surface area contributed by atoms with Crippen LogP contribution >= 0.6 is 11.6 Å². The van der Waals surface area contributed by atoms with Crippen molar-refractivity contribution >= 4 is 22.5 Å². The summed E-state index contributed by atoms with van der Waals surface area (Å²) < 4.78 is 5.24. The number of hydrogen-bond donors (Lipinski definition) is 2. The average molecular weight is 281 g/mol. The lowest BCUT2D eigenvalue weighted by Gasteiger charge is -2.21. The third-order valence-electron chi connectivity index (χ3n) is 3.41. The molecule has 1 heterocycles. The summed E-state index contributed by atoms with van der Waals surface area (Å²) in [6.45, 7) is 5.79. The van der Waals surface area contributed by atoms with E-state index in [1.807, 2.05) is 24.3 Å². The molecule has 1 aromatic carbocycles. The van der Waals surface area contributed by atoms with Gasteiger partial charge in [-0.25, -0.2) is 0 Å². The molecule has 0 saturated heterocycles. The molecule has 0 fully saturated rings. The minimum Gasteiger partial charge on any atom is -0.383 e. The zero-order valence-corrected chi connectivity index (χ0v) is 12.4. The van der Waals surface area contributed by atoms with Crippen molar-refractivity contribution in [1.82, 2.24) is 10.3 Å². The van der Waals surface area contributed by atoms with Crippen LogP contribution in [0.5, 0.6) is 0 Å². The predicted octanol–water partition coefficient (Wildman–Crippen LogP) is 3.58. The fraction of sp³-hybridized carbons (Fsp3) is 0.467. The second-order valence-electron chi connectivity index (χ2n) is 5.15. The highest BCUT2D eigenvalue weighted by molar-refractivity contribution is 6.36. The molecule has 0 radical (unpaired) electrons. The van der Waals surface area contributed by atoms with E-state index in [4.69, 9.17) is 16.3 Å². The number of aromatic amines is 1. The van der Waals surface area contributed by atoms with Gasteiger partial charge in [-0.2, -0.15) is 0 Å². The quantitative estimate of drug-likeness (QED) is 0.849. The van der Waals surface area contributed by atoms with Crippen LogP contribution in [0.2, 0.25) is 5.02 Å². The van der Waals surface area contributed by atoms with E-state index in [0.717, 1.165) is 28.2 Å². The maximum Gasteiger partial charge on any atom is 0.0705 e. The van der Waals surface area contributed by atoms with Gasteiger partial charge < -0.3 is 15.0 Å². The summed E-state index contributed by atoms with van der Waals surface area (Å²) in [7, 11) is 1.73. The highest BCUT2D eigenvalue weighted by atomic mass is 35.5. The van der Waals surface area contributed by atoms with Crippen molar-refractivity contribution < 1.29 is 4.74 Å². The minimum atomic E-state index is 0.326. The Labute approximate surface area is 119 Å². The zero-order valence-electron chi connectivity index (χ0n) is 11.7. The number of rotatable bonds is 6. The van der Waals surface area contributed by atoms with Crippen LogP contribution < -0.4 is 5.32 Å². The van der Waals surface area contributed by atoms with Gasteiger partial charge in [-0.15, -0.1) is 0 Å². The number of benzene rings is 1. The van der Waals surface area contributed by atoms with Crippen LogP contribution in [0, 0.1) is 5.92 Å². The number of methoxy groups -OCH3 is 1. The Morgan fingerprint density at radius 1 is 1.32 bits per heavy atom. The molecule has 1 unspecified atom stereocenters. The van der Waals surface area contributed by atoms with Gasteiger partial charge in [0.2, 0.25) is 0 Å². The van der Waals surface area contributed by atoms with Crippen molar-refractivity contribution in [2.24, 2.45) is 5.92 Å². The maximum absolute atomic E-state index is 6.39. The molecule has 2 rings (SSSR count). The van der Waals surface area contributed by atoms with Gasteiger partial charge in [-0.05, 0) is 12.0 Å². The van der Waals surface area contributed by atoms with Crippen LogP contribution in [0.25, 0.3) is 10.9 Å². The zero-order chi connectivity index (χ0) is 13.8. The third kappa shape index (κ3) is 3.30. The SMILES string of the molecule is COCC(NCc1[nH]c2ccccc2c1Cl)C(C)C. The van der Waals surface area contributed by atoms with E-state index in [0.29, 0.717) is 18.6 Å². The minimum absolute atomic E-state index is 0.326. The highest BCUT2D eigenvalue weighted by Crippen LogP contribution is 2.27. The van der Waals surface area contributed by atoms with E-state index in [1.165, 1.54) is 0 Å². The number of halogens is 1. The molecule has 1 atom stereocenters. The first-order valence-electron chi connectivity index (χ1n) is 6.61. The molecule has 0 spiro atoms. The van der Waals surface area contributed by atoms with Crippen LogP contribution in [-0.2, 0) is 11.3 Å². The molecule has 0 bridgehead atoms. The largest absolute Gasteiger partial charge is 0.383 e. The first-order chi connectivity index (χ1) is 9.13. The summed E-state index contributed by atoms with van der Waals surface area (Å²) in [4.78, 5) is 3.36. The Balaban J connectivity index is 2.10. The molecule has 2 N–H and O–H groups in total. The van der Waals surface area contributed by atoms with Crippen LogP contribution in [0.1, 0.15) is 19.5 Å². The van der Waals surface area contributed by atoms with Crippen molar-refractivity contribution in [2.75, 3.05) is 13.7 Å². The van der Waals surface area contributed by atoms with E-state index in [2.05, 4.69) is 24.1 Å². The van der Waals surface area contributed by atoms with E-state index in [-0.39, 0.29) is 0 Å². The van der Waals surface area contributed by atoms with Crippen LogP contribution in [0.3, 0.4) is 0 Å². The lowest BCUT2D eigenvalue weighted by Crippen LogP contribution is -2.37. The van der Waals surface area contributed by atoms with Gasteiger partial charge in [0.15, 0.2) is 0 Å². The van der Waals surface area contributed by atoms with Crippen molar-refractivity contribution in [3.63, 3.8) is 0 Å². The summed E-state index contributed by atoms with van der Waals surface area (Å²) in [5.41, 5.74) is 2.11. The normalized spacial score (nSPS) is 13.3. The van der Waals surface area contributed by atoms with E-state index < -0.39 is 0 Å². The Morgan fingerprint density at radius 2 is 2.05 bits per heavy atom. The van der Waals surface area contributed by atoms with Crippen LogP contribution in [-0.4, -0.2) is 24.7 Å². The Hall–Kier alpha value is -1.03. The molecular formula is C15H21ClN2O. The first kappa shape index (κ1) is 14.4. The van der Waals surface area contributed by atoms with Gasteiger partial charge in [0, 0.05) is 36.3 Å². The molecular weight excluding hydrogens is 260 g/mol. The van der Waals surface area contributed by atoms with Gasteiger partial charge in [-0.3, -0.25) is 0 Å². The monoisotopic (exact) mass is 280 g/mol. The van der Waals surface area contributed by atoms with E-state index >= 15 is 0 Å². The molecule has 0 amide bonds. The summed E-state index contributed by atoms with van der Waals surface area (Å²) in [5, 5.41) is 5.38. The van der Waals surface area contributed by atoms with E-state index in [1.54, 1.807) is 7.11 Å². The van der Waals surface area contributed by atoms with Crippen molar-refractivity contribution in [2.45, 2.75) is 26.4 Å². The Morgan fingerprint density at radius 3 is 2.68 bits per heavy atom. The molecule has 19 heavy (non-hydrogen) atoms. The molecule has 3 nitrogen and oxygen atoms in total. The summed E-state index contributed by atoms with van der Waals surface area (Å²) in [5.74, 6) is 0.517. The summed E-state index contributed by atoms with van der Waals surface area (Å²) in [6, 6.07) is 8.41. The van der Waals surface area contributed by atoms with Crippen molar-refractivity contribution in [1.29, 1.82) is 0 Å². The maximum atomic E-state index is 6.39. The topological polar surface area (TPSA) is 37.0 Å². The second-order valence-corrected chi connectivity index (χ2v) is 5.53. The van der Waals surface area contributed by atoms with Gasteiger partial charge in [0.05, 0.1) is 11.6 Å². The van der Waals surface area contributed by atoms with Crippen LogP contribution in [0.15, 0.2) is 24.3 Å². The van der Waals surface area contributed by atoms with Crippen molar-refractivity contribution in [3.05, 3.63) is 35.0 Å². The van der Waals surface area contributed by atoms with E-state index in [9.17, 15) is 0 Å². The lowest BCUT2D eigenvalue weighted by molar-refractivity contribution is 0.146. The Bertz CT molecular complexity index is 536. The van der Waals surface area contributed by atoms with Gasteiger partial charge in [0.25, 0.3) is 0 Å². The number of fused-ring (bicyclic) bond motifs is 1. The average Bonchev–Trinajstić information content (AvgIpc) is 2.72. The van der Waals surface area contributed by atoms with Crippen LogP contribution in [0.4, 0.5) is 0 Å². The number of nitrogens with one attached hydrogen (secondary N) is 2. The first-order valence-corrected chi connectivity index (χ1v) is 6.98. The number of hydrogen-bond acceptors (Lipinski definition) is 2. The third-order valence-corrected chi connectivity index (χ3v) is 3.84. The second kappa shape index (κ2) is 6.42. The van der Waals surface area contributed by atoms with Gasteiger partial charge >= 0.3 is 0 Å². The van der Waals surface area contributed by atoms with Crippen molar-refractivity contribution in [3.8, 4) is 0 Å². The molecule has 4 heteroatoms. The number of aromatic nitrogens is 1. The highest BCUT2D eigenvalue weighted by Gasteiger charge is 2.14. The molecule has 1 aromatic heterocycles. The lowest BCUT2D eigenvalue weighted by atomic mass is 10.1. The molecule has 0 aliphatic rings. The summed E-state index contributed by atoms with van der Waals surface area (Å²) in [6.07, 6.45) is 0. The number of para-hydroxylation sites is 1. The number of ether oxygens (including phenoxy) is 1. The smallest absolute Gasteiger partial charge is 0.0705 e. The predicted molar refractivity (Wildman–Crippen MR) is 80.7 cm³/mol. The Kier molecular flexibility index (Phi) is 4.86. The number of H-pyrrole nitrogens is 1. The summed E-state index contributed by atoms with van der Waals surface area (Å²) >= 11 is 6.39. The molecule has 0 aliphatic carbocycles. The molecule has 104 valence electrons. The fourth-order valence-electron chi connectivity index (χ4n) is 2.19. The molecule has 0 aliphatic heterocycles. The molecule has 0 saturated carbocycles. The van der Waals surface area contributed by atoms with Gasteiger partial charge in [0.1, 0.15) is 0 Å². The fourth-order valence-corrected chi connectivity index (χ4v) is 2.46. The molecule has 2 aromatic rings. The van der Waals surface area contributed by atoms with Gasteiger partial charge in [-0.1, -0.05) is 43.6 Å². The standard InChI is InChI=1S/C15H21ClN2O/c1-10(2)14(9-19-3)17-8-13-15(16)11-6-4-5-7-12(11)18-13/h4-7,10,14,17-18H,8-9H2,1-3H3.